The summed E-state index contributed by atoms with van der Waals surface area (Å²) in [6, 6.07) is 6.93. The molecule has 0 bridgehead atoms. The van der Waals surface area contributed by atoms with Gasteiger partial charge in [0.15, 0.2) is 0 Å². The molecular weight excluding hydrogens is 264 g/mol. The minimum absolute atomic E-state index is 0.764. The van der Waals surface area contributed by atoms with E-state index in [9.17, 15) is 0 Å². The molecule has 0 aromatic heterocycles. The molecule has 88 valence electrons. The second-order valence-electron chi connectivity index (χ2n) is 4.75. The van der Waals surface area contributed by atoms with Gasteiger partial charge < -0.3 is 5.73 Å². The topological polar surface area (TPSA) is 29.3 Å². The lowest BCUT2D eigenvalue weighted by molar-refractivity contribution is 0.237. The van der Waals surface area contributed by atoms with Crippen LogP contribution < -0.4 is 5.73 Å². The van der Waals surface area contributed by atoms with E-state index in [0.29, 0.717) is 0 Å². The number of nitrogen functional groups attached to an aromatic ring is 1. The van der Waals surface area contributed by atoms with Crippen LogP contribution in [-0.4, -0.2) is 18.0 Å². The van der Waals surface area contributed by atoms with E-state index in [-0.39, 0.29) is 0 Å². The number of nitrogens with zero attached hydrogens (tertiary/aromatic N) is 1. The quantitative estimate of drug-likeness (QED) is 0.861. The minimum atomic E-state index is 0.764. The fourth-order valence-corrected chi connectivity index (χ4v) is 3.09. The molecule has 1 fully saturated rings. The van der Waals surface area contributed by atoms with E-state index in [0.717, 1.165) is 22.7 Å². The highest BCUT2D eigenvalue weighted by Crippen LogP contribution is 2.25. The van der Waals surface area contributed by atoms with Crippen molar-refractivity contribution in [1.29, 1.82) is 0 Å². The Kier molecular flexibility index (Phi) is 3.87. The molecule has 2 nitrogen and oxygen atoms in total. The molecule has 0 aliphatic heterocycles. The van der Waals surface area contributed by atoms with Crippen LogP contribution >= 0.6 is 15.9 Å². The summed E-state index contributed by atoms with van der Waals surface area (Å²) in [5.41, 5.74) is 7.97. The predicted octanol–water partition coefficient (Wildman–Crippen LogP) is 3.41. The molecule has 0 saturated heterocycles. The molecule has 1 aliphatic rings. The van der Waals surface area contributed by atoms with Gasteiger partial charge in [-0.25, -0.2) is 0 Å². The molecular formula is C13H19BrN2. The number of nitrogens with two attached hydrogens (primary N) is 1. The van der Waals surface area contributed by atoms with Crippen LogP contribution in [0.5, 0.6) is 0 Å². The third-order valence-corrected chi connectivity index (χ3v) is 3.82. The lowest BCUT2D eigenvalue weighted by Crippen LogP contribution is -2.28. The van der Waals surface area contributed by atoms with E-state index in [4.69, 9.17) is 5.73 Å². The molecule has 0 amide bonds. The zero-order valence-corrected chi connectivity index (χ0v) is 11.3. The molecule has 3 heteroatoms. The summed E-state index contributed by atoms with van der Waals surface area (Å²) < 4.78 is 1.07. The van der Waals surface area contributed by atoms with Crippen LogP contribution in [0.15, 0.2) is 22.7 Å². The van der Waals surface area contributed by atoms with Gasteiger partial charge in [0.25, 0.3) is 0 Å². The van der Waals surface area contributed by atoms with Crippen molar-refractivity contribution < 1.29 is 0 Å². The van der Waals surface area contributed by atoms with Crippen molar-refractivity contribution in [3.05, 3.63) is 28.2 Å². The average Bonchev–Trinajstić information content (AvgIpc) is 2.68. The van der Waals surface area contributed by atoms with Gasteiger partial charge in [-0.1, -0.05) is 28.8 Å². The standard InChI is InChI=1S/C13H19BrN2/c1-16(13-4-2-3-5-13)9-10-6-11(14)8-12(15)7-10/h6-8,13H,2-5,9,15H2,1H3. The van der Waals surface area contributed by atoms with Crippen molar-refractivity contribution in [2.24, 2.45) is 0 Å². The normalized spacial score (nSPS) is 17.2. The van der Waals surface area contributed by atoms with Crippen molar-refractivity contribution in [3.63, 3.8) is 0 Å². The van der Waals surface area contributed by atoms with E-state index in [1.54, 1.807) is 0 Å². The predicted molar refractivity (Wildman–Crippen MR) is 72.3 cm³/mol. The van der Waals surface area contributed by atoms with Gasteiger partial charge in [-0.3, -0.25) is 4.90 Å². The lowest BCUT2D eigenvalue weighted by atomic mass is 10.1. The van der Waals surface area contributed by atoms with Crippen LogP contribution in [0.3, 0.4) is 0 Å². The fourth-order valence-electron chi connectivity index (χ4n) is 2.53. The number of rotatable bonds is 3. The number of hydrogen-bond donors (Lipinski definition) is 1. The summed E-state index contributed by atoms with van der Waals surface area (Å²) in [4.78, 5) is 2.45. The molecule has 1 aromatic carbocycles. The smallest absolute Gasteiger partial charge is 0.0328 e. The highest BCUT2D eigenvalue weighted by Gasteiger charge is 2.19. The van der Waals surface area contributed by atoms with Crippen LogP contribution in [-0.2, 0) is 6.54 Å². The maximum Gasteiger partial charge on any atom is 0.0328 e. The molecule has 1 saturated carbocycles. The van der Waals surface area contributed by atoms with Crippen molar-refractivity contribution in [2.45, 2.75) is 38.3 Å². The summed E-state index contributed by atoms with van der Waals surface area (Å²) in [6.45, 7) is 0.994. The largest absolute Gasteiger partial charge is 0.399 e. The molecule has 0 atom stereocenters. The molecule has 1 aromatic rings. The Bertz CT molecular complexity index is 339. The van der Waals surface area contributed by atoms with Gasteiger partial charge in [-0.05, 0) is 43.7 Å². The van der Waals surface area contributed by atoms with E-state index in [2.05, 4.69) is 40.0 Å². The Hall–Kier alpha value is -0.540. The third-order valence-electron chi connectivity index (χ3n) is 3.36. The molecule has 2 N–H and O–H groups in total. The Balaban J connectivity index is 2.02. The zero-order valence-electron chi connectivity index (χ0n) is 9.75. The van der Waals surface area contributed by atoms with Gasteiger partial charge in [0.05, 0.1) is 0 Å². The first-order valence-corrected chi connectivity index (χ1v) is 6.69. The number of hydrogen-bond acceptors (Lipinski definition) is 2. The number of anilines is 1. The van der Waals surface area contributed by atoms with Crippen LogP contribution in [0.2, 0.25) is 0 Å². The molecule has 1 aliphatic carbocycles. The Morgan fingerprint density at radius 1 is 1.31 bits per heavy atom. The molecule has 0 radical (unpaired) electrons. The summed E-state index contributed by atoms with van der Waals surface area (Å²) in [7, 11) is 2.22. The molecule has 0 heterocycles. The van der Waals surface area contributed by atoms with E-state index >= 15 is 0 Å². The van der Waals surface area contributed by atoms with E-state index in [1.165, 1.54) is 31.2 Å². The first-order chi connectivity index (χ1) is 7.65. The maximum atomic E-state index is 5.84. The minimum Gasteiger partial charge on any atom is -0.399 e. The monoisotopic (exact) mass is 282 g/mol. The second kappa shape index (κ2) is 5.19. The summed E-state index contributed by atoms with van der Waals surface area (Å²) in [6.07, 6.45) is 5.46. The van der Waals surface area contributed by atoms with Crippen LogP contribution in [0.25, 0.3) is 0 Å². The first-order valence-electron chi connectivity index (χ1n) is 5.90. The molecule has 2 rings (SSSR count). The van der Waals surface area contributed by atoms with Crippen molar-refractivity contribution >= 4 is 21.6 Å². The fraction of sp³-hybridized carbons (Fsp3) is 0.538. The lowest BCUT2D eigenvalue weighted by Gasteiger charge is -2.24. The van der Waals surface area contributed by atoms with Gasteiger partial charge in [-0.15, -0.1) is 0 Å². The molecule has 16 heavy (non-hydrogen) atoms. The Morgan fingerprint density at radius 2 is 2.00 bits per heavy atom. The Morgan fingerprint density at radius 3 is 2.62 bits per heavy atom. The highest BCUT2D eigenvalue weighted by atomic mass is 79.9. The first kappa shape index (κ1) is 11.9. The van der Waals surface area contributed by atoms with E-state index < -0.39 is 0 Å². The number of halogens is 1. The summed E-state index contributed by atoms with van der Waals surface area (Å²) >= 11 is 3.49. The van der Waals surface area contributed by atoms with Gasteiger partial charge in [-0.2, -0.15) is 0 Å². The van der Waals surface area contributed by atoms with Gasteiger partial charge in [0, 0.05) is 22.7 Å². The third kappa shape index (κ3) is 2.98. The molecule has 0 unspecified atom stereocenters. The van der Waals surface area contributed by atoms with Gasteiger partial charge in [0.1, 0.15) is 0 Å². The highest BCUT2D eigenvalue weighted by molar-refractivity contribution is 9.10. The van der Waals surface area contributed by atoms with Crippen molar-refractivity contribution in [3.8, 4) is 0 Å². The zero-order chi connectivity index (χ0) is 11.5. The van der Waals surface area contributed by atoms with Crippen LogP contribution in [0.1, 0.15) is 31.2 Å². The Labute approximate surface area is 106 Å². The summed E-state index contributed by atoms with van der Waals surface area (Å²) in [5.74, 6) is 0. The van der Waals surface area contributed by atoms with Crippen LogP contribution in [0, 0.1) is 0 Å². The van der Waals surface area contributed by atoms with Gasteiger partial charge >= 0.3 is 0 Å². The molecule has 0 spiro atoms. The van der Waals surface area contributed by atoms with Crippen molar-refractivity contribution in [1.82, 2.24) is 4.90 Å². The van der Waals surface area contributed by atoms with Gasteiger partial charge in [0.2, 0.25) is 0 Å². The second-order valence-corrected chi connectivity index (χ2v) is 5.66. The van der Waals surface area contributed by atoms with Crippen molar-refractivity contribution in [2.75, 3.05) is 12.8 Å². The maximum absolute atomic E-state index is 5.84. The SMILES string of the molecule is CN(Cc1cc(N)cc(Br)c1)C1CCCC1. The number of benzene rings is 1. The summed E-state index contributed by atoms with van der Waals surface area (Å²) in [5, 5.41) is 0. The van der Waals surface area contributed by atoms with Crippen LogP contribution in [0.4, 0.5) is 5.69 Å². The van der Waals surface area contributed by atoms with E-state index in [1.807, 2.05) is 6.07 Å². The average molecular weight is 283 g/mol.